The van der Waals surface area contributed by atoms with Crippen LogP contribution in [-0.4, -0.2) is 15.0 Å². The summed E-state index contributed by atoms with van der Waals surface area (Å²) in [4.78, 5) is 11.8. The van der Waals surface area contributed by atoms with Crippen molar-refractivity contribution in [3.05, 3.63) is 65.1 Å². The zero-order valence-electron chi connectivity index (χ0n) is 19.2. The zero-order valence-corrected chi connectivity index (χ0v) is 19.2. The molecule has 158 valence electrons. The number of aromatic nitrogens is 3. The van der Waals surface area contributed by atoms with Gasteiger partial charge in [0.25, 0.3) is 0 Å². The highest BCUT2D eigenvalue weighted by Crippen LogP contribution is 2.31. The third kappa shape index (κ3) is 4.16. The van der Waals surface area contributed by atoms with Crippen molar-refractivity contribution in [2.24, 2.45) is 0 Å². The van der Waals surface area contributed by atoms with E-state index in [0.717, 1.165) is 16.9 Å². The number of hydrogen-bond acceptors (Lipinski definition) is 1. The Bertz CT molecular complexity index is 1050. The molecule has 0 saturated heterocycles. The highest BCUT2D eigenvalue weighted by molar-refractivity contribution is 5.81. The fourth-order valence-electron chi connectivity index (χ4n) is 4.24. The molecule has 0 aliphatic carbocycles. The van der Waals surface area contributed by atoms with Crippen molar-refractivity contribution in [1.82, 2.24) is 15.0 Å². The van der Waals surface area contributed by atoms with Crippen LogP contribution in [0.3, 0.4) is 0 Å². The number of aromatic amines is 2. The van der Waals surface area contributed by atoms with Gasteiger partial charge in [0, 0.05) is 17.1 Å². The second-order valence-corrected chi connectivity index (χ2v) is 9.66. The number of benzene rings is 2. The maximum absolute atomic E-state index is 4.71. The van der Waals surface area contributed by atoms with Gasteiger partial charge in [-0.2, -0.15) is 0 Å². The van der Waals surface area contributed by atoms with Gasteiger partial charge in [0.05, 0.1) is 11.0 Å². The third-order valence-corrected chi connectivity index (χ3v) is 6.53. The smallest absolute Gasteiger partial charge is 0.109 e. The Labute approximate surface area is 180 Å². The van der Waals surface area contributed by atoms with Crippen molar-refractivity contribution in [1.29, 1.82) is 0 Å². The zero-order chi connectivity index (χ0) is 21.4. The lowest BCUT2D eigenvalue weighted by Gasteiger charge is -2.16. The molecule has 0 amide bonds. The summed E-state index contributed by atoms with van der Waals surface area (Å²) in [6.07, 6.45) is 2.36. The summed E-state index contributed by atoms with van der Waals surface area (Å²) in [6, 6.07) is 15.9. The average Bonchev–Trinajstić information content (AvgIpc) is 3.34. The lowest BCUT2D eigenvalue weighted by atomic mass is 9.89. The largest absolute Gasteiger partial charge is 0.358 e. The Morgan fingerprint density at radius 3 is 1.97 bits per heavy atom. The molecular weight excluding hydrogens is 366 g/mol. The molecule has 0 spiro atoms. The van der Waals surface area contributed by atoms with E-state index in [1.54, 1.807) is 0 Å². The lowest BCUT2D eigenvalue weighted by molar-refractivity contribution is 0.574. The maximum Gasteiger partial charge on any atom is 0.109 e. The van der Waals surface area contributed by atoms with Gasteiger partial charge < -0.3 is 9.97 Å². The minimum absolute atomic E-state index is 0.424. The van der Waals surface area contributed by atoms with Crippen molar-refractivity contribution in [3.8, 4) is 0 Å². The van der Waals surface area contributed by atoms with Gasteiger partial charge in [0.2, 0.25) is 0 Å². The van der Waals surface area contributed by atoms with Crippen LogP contribution in [0.5, 0.6) is 0 Å². The Morgan fingerprint density at radius 2 is 1.33 bits per heavy atom. The number of hydrogen-bond donors (Lipinski definition) is 2. The SMILES string of the molecule is CC(C)c1cc2ccc(C(C)CCC(C)c3ccc4nc(C(C)C)[nH]c4c3)cc2[nH]1. The third-order valence-electron chi connectivity index (χ3n) is 6.53. The Morgan fingerprint density at radius 1 is 0.700 bits per heavy atom. The monoisotopic (exact) mass is 401 g/mol. The summed E-state index contributed by atoms with van der Waals surface area (Å²) in [5, 5.41) is 1.32. The van der Waals surface area contributed by atoms with E-state index in [9.17, 15) is 0 Å². The first kappa shape index (κ1) is 20.7. The van der Waals surface area contributed by atoms with Crippen molar-refractivity contribution in [2.45, 2.75) is 78.1 Å². The quantitative estimate of drug-likeness (QED) is 0.324. The lowest BCUT2D eigenvalue weighted by Crippen LogP contribution is -1.99. The van der Waals surface area contributed by atoms with E-state index in [1.165, 1.54) is 40.6 Å². The van der Waals surface area contributed by atoms with Gasteiger partial charge >= 0.3 is 0 Å². The maximum atomic E-state index is 4.71. The normalized spacial score (nSPS) is 14.3. The molecule has 0 aliphatic rings. The highest BCUT2D eigenvalue weighted by Gasteiger charge is 2.14. The van der Waals surface area contributed by atoms with Crippen LogP contribution < -0.4 is 0 Å². The summed E-state index contributed by atoms with van der Waals surface area (Å²) in [5.74, 6) is 3.11. The van der Waals surface area contributed by atoms with Gasteiger partial charge in [0.1, 0.15) is 5.82 Å². The first-order valence-electron chi connectivity index (χ1n) is 11.4. The topological polar surface area (TPSA) is 44.5 Å². The summed E-state index contributed by atoms with van der Waals surface area (Å²) >= 11 is 0. The van der Waals surface area contributed by atoms with Crippen LogP contribution in [0.1, 0.15) is 101 Å². The molecule has 2 atom stereocenters. The van der Waals surface area contributed by atoms with Gasteiger partial charge in [0.15, 0.2) is 0 Å². The molecular formula is C27H35N3. The van der Waals surface area contributed by atoms with Crippen molar-refractivity contribution in [2.75, 3.05) is 0 Å². The molecule has 2 unspecified atom stereocenters. The van der Waals surface area contributed by atoms with E-state index in [-0.39, 0.29) is 0 Å². The van der Waals surface area contributed by atoms with Gasteiger partial charge in [-0.05, 0) is 71.4 Å². The van der Waals surface area contributed by atoms with Crippen molar-refractivity contribution < 1.29 is 0 Å². The summed E-state index contributed by atoms with van der Waals surface area (Å²) < 4.78 is 0. The van der Waals surface area contributed by atoms with E-state index in [4.69, 9.17) is 4.98 Å². The van der Waals surface area contributed by atoms with Crippen LogP contribution in [0.15, 0.2) is 42.5 Å². The van der Waals surface area contributed by atoms with Gasteiger partial charge in [-0.15, -0.1) is 0 Å². The van der Waals surface area contributed by atoms with Gasteiger partial charge in [-0.1, -0.05) is 59.7 Å². The molecule has 4 aromatic rings. The Balaban J connectivity index is 1.44. The van der Waals surface area contributed by atoms with E-state index in [0.29, 0.717) is 23.7 Å². The van der Waals surface area contributed by atoms with E-state index in [2.05, 4.69) is 94.0 Å². The van der Waals surface area contributed by atoms with E-state index >= 15 is 0 Å². The predicted octanol–water partition coefficient (Wildman–Crippen LogP) is 7.98. The van der Waals surface area contributed by atoms with Crippen molar-refractivity contribution in [3.63, 3.8) is 0 Å². The number of fused-ring (bicyclic) bond motifs is 2. The van der Waals surface area contributed by atoms with Crippen LogP contribution in [-0.2, 0) is 0 Å². The van der Waals surface area contributed by atoms with Gasteiger partial charge in [-0.3, -0.25) is 0 Å². The molecule has 0 radical (unpaired) electrons. The number of rotatable bonds is 7. The first-order valence-corrected chi connectivity index (χ1v) is 11.4. The van der Waals surface area contributed by atoms with Crippen LogP contribution in [0.2, 0.25) is 0 Å². The molecule has 2 aromatic carbocycles. The van der Waals surface area contributed by atoms with Gasteiger partial charge in [-0.25, -0.2) is 4.98 Å². The molecule has 4 rings (SSSR count). The Hall–Kier alpha value is -2.55. The predicted molar refractivity (Wildman–Crippen MR) is 129 cm³/mol. The van der Waals surface area contributed by atoms with Crippen LogP contribution in [0.4, 0.5) is 0 Å². The molecule has 3 nitrogen and oxygen atoms in total. The second kappa shape index (κ2) is 8.29. The molecule has 3 heteroatoms. The van der Waals surface area contributed by atoms with Crippen LogP contribution in [0, 0.1) is 0 Å². The molecule has 30 heavy (non-hydrogen) atoms. The molecule has 0 aliphatic heterocycles. The number of imidazole rings is 1. The average molecular weight is 402 g/mol. The molecule has 0 bridgehead atoms. The van der Waals surface area contributed by atoms with Crippen molar-refractivity contribution >= 4 is 21.9 Å². The van der Waals surface area contributed by atoms with Crippen LogP contribution in [0.25, 0.3) is 21.9 Å². The minimum Gasteiger partial charge on any atom is -0.358 e. The molecule has 0 fully saturated rings. The van der Waals surface area contributed by atoms with Crippen LogP contribution >= 0.6 is 0 Å². The van der Waals surface area contributed by atoms with E-state index < -0.39 is 0 Å². The highest BCUT2D eigenvalue weighted by atomic mass is 14.9. The standard InChI is InChI=1S/C27H35N3/c1-16(2)24-15-22-10-9-20(13-25(22)28-24)18(5)7-8-19(6)21-11-12-23-26(14-21)30-27(29-23)17(3)4/h9-19,28H,7-8H2,1-6H3,(H,29,30). The fourth-order valence-corrected chi connectivity index (χ4v) is 4.24. The fraction of sp³-hybridized carbons (Fsp3) is 0.444. The summed E-state index contributed by atoms with van der Waals surface area (Å²) in [5.41, 5.74) is 7.64. The molecule has 2 N–H and O–H groups in total. The molecule has 2 heterocycles. The number of nitrogens with zero attached hydrogens (tertiary/aromatic N) is 1. The first-order chi connectivity index (χ1) is 14.3. The number of nitrogens with one attached hydrogen (secondary N) is 2. The summed E-state index contributed by atoms with van der Waals surface area (Å²) in [6.45, 7) is 13.5. The minimum atomic E-state index is 0.424. The summed E-state index contributed by atoms with van der Waals surface area (Å²) in [7, 11) is 0. The Kier molecular flexibility index (Phi) is 5.73. The molecule has 2 aromatic heterocycles. The second-order valence-electron chi connectivity index (χ2n) is 9.66. The number of H-pyrrole nitrogens is 2. The van der Waals surface area contributed by atoms with E-state index in [1.807, 2.05) is 0 Å². The molecule has 0 saturated carbocycles.